The Morgan fingerprint density at radius 1 is 0.839 bits per heavy atom. The fourth-order valence-electron chi connectivity index (χ4n) is 7.35. The largest absolute Gasteiger partial charge is 0.507 e. The lowest BCUT2D eigenvalue weighted by atomic mass is 9.93. The molecule has 1 heterocycles. The van der Waals surface area contributed by atoms with Gasteiger partial charge in [0.15, 0.2) is 0 Å². The highest BCUT2D eigenvalue weighted by atomic mass is 16.4. The van der Waals surface area contributed by atoms with Crippen LogP contribution >= 0.6 is 0 Å². The quantitative estimate of drug-likeness (QED) is 0.0743. The molecule has 0 aliphatic carbocycles. The second kappa shape index (κ2) is 21.7. The van der Waals surface area contributed by atoms with Crippen LogP contribution in [0.4, 0.5) is 0 Å². The molecular weight excluding hydrogens is 793 g/mol. The van der Waals surface area contributed by atoms with Crippen molar-refractivity contribution in [3.63, 3.8) is 0 Å². The number of carbonyl (C=O) groups excluding carboxylic acids is 5. The summed E-state index contributed by atoms with van der Waals surface area (Å²) in [6.07, 6.45) is 4.13. The highest BCUT2D eigenvalue weighted by molar-refractivity contribution is 5.97. The maximum Gasteiger partial charge on any atom is 0.326 e. The van der Waals surface area contributed by atoms with Gasteiger partial charge in [-0.3, -0.25) is 24.0 Å². The van der Waals surface area contributed by atoms with E-state index in [-0.39, 0.29) is 59.9 Å². The number of carbonyl (C=O) groups is 6. The molecule has 5 rings (SSSR count). The molecule has 1 aliphatic rings. The van der Waals surface area contributed by atoms with Crippen molar-refractivity contribution in [3.05, 3.63) is 107 Å². The number of nitrogens with two attached hydrogens (primary N) is 1. The van der Waals surface area contributed by atoms with E-state index in [1.54, 1.807) is 12.1 Å². The third-order valence-corrected chi connectivity index (χ3v) is 10.9. The lowest BCUT2D eigenvalue weighted by molar-refractivity contribution is -0.144. The van der Waals surface area contributed by atoms with Crippen LogP contribution in [0.5, 0.6) is 11.5 Å². The van der Waals surface area contributed by atoms with Crippen molar-refractivity contribution < 1.29 is 44.1 Å². The van der Waals surface area contributed by atoms with E-state index in [1.807, 2.05) is 12.1 Å². The van der Waals surface area contributed by atoms with Crippen molar-refractivity contribution in [1.82, 2.24) is 26.2 Å². The summed E-state index contributed by atoms with van der Waals surface area (Å²) < 4.78 is 0. The first-order valence-corrected chi connectivity index (χ1v) is 20.9. The molecule has 4 aromatic rings. The fraction of sp³-hybridized carbons (Fsp3) is 0.362. The van der Waals surface area contributed by atoms with Crippen LogP contribution in [-0.2, 0) is 36.8 Å². The summed E-state index contributed by atoms with van der Waals surface area (Å²) in [7, 11) is 1.36. The topological polar surface area (TPSA) is 240 Å². The van der Waals surface area contributed by atoms with Crippen molar-refractivity contribution >= 4 is 35.5 Å². The summed E-state index contributed by atoms with van der Waals surface area (Å²) >= 11 is 0. The maximum absolute atomic E-state index is 14.4. The molecule has 0 saturated heterocycles. The standard InChI is InChI=1S/C47H56N6O9/c1-4-5-8-29-10-13-31(14-11-29)32-15-17-33(18-16-32)44(58)49-24-22-41(56)51-37(9-6-7-23-48)46(60)53(3)42-34-19-21-40(55)36(27-34)35-25-30(12-20-39(35)54)26-38(47(61)62)52-43(57)28(2)50-45(42)59/h10-21,25,27-28,37-38,42,54-55H,4-9,22-24,26,48H2,1-3H3,(H,49,58)(H,50,59)(H,51,56)(H,52,57)(H,61,62)/t28-,37-,38-,42-/m0/s1. The van der Waals surface area contributed by atoms with E-state index in [0.717, 1.165) is 35.3 Å². The summed E-state index contributed by atoms with van der Waals surface area (Å²) in [6.45, 7) is 3.84. The molecular formula is C47H56N6O9. The van der Waals surface area contributed by atoms with Gasteiger partial charge in [-0.15, -0.1) is 0 Å². The van der Waals surface area contributed by atoms with E-state index < -0.39 is 53.8 Å². The number of fused-ring (bicyclic) bond motifs is 5. The van der Waals surface area contributed by atoms with Crippen LogP contribution < -0.4 is 27.0 Å². The summed E-state index contributed by atoms with van der Waals surface area (Å²) in [5.41, 5.74) is 10.3. The number of rotatable bonds is 16. The van der Waals surface area contributed by atoms with Gasteiger partial charge in [0.25, 0.3) is 5.91 Å². The monoisotopic (exact) mass is 848 g/mol. The Hall–Kier alpha value is -6.74. The number of aryl methyl sites for hydroxylation is 1. The number of likely N-dealkylation sites (N-methyl/N-ethyl adjacent to an activating group) is 1. The van der Waals surface area contributed by atoms with Crippen molar-refractivity contribution in [2.24, 2.45) is 5.73 Å². The average molecular weight is 849 g/mol. The molecule has 15 heteroatoms. The molecule has 15 nitrogen and oxygen atoms in total. The number of phenolic OH excluding ortho intramolecular Hbond substituents is 2. The highest BCUT2D eigenvalue weighted by Gasteiger charge is 2.36. The van der Waals surface area contributed by atoms with E-state index in [9.17, 15) is 44.1 Å². The van der Waals surface area contributed by atoms with E-state index >= 15 is 0 Å². The Kier molecular flexibility index (Phi) is 16.2. The van der Waals surface area contributed by atoms with Gasteiger partial charge in [-0.2, -0.15) is 0 Å². The number of carboxylic acid groups (broad SMARTS) is 1. The van der Waals surface area contributed by atoms with Gasteiger partial charge in [-0.05, 0) is 110 Å². The van der Waals surface area contributed by atoms with Gasteiger partial charge in [0.2, 0.25) is 23.6 Å². The van der Waals surface area contributed by atoms with Crippen LogP contribution in [0.3, 0.4) is 0 Å². The first kappa shape index (κ1) is 46.3. The summed E-state index contributed by atoms with van der Waals surface area (Å²) in [5, 5.41) is 42.3. The molecule has 0 spiro atoms. The van der Waals surface area contributed by atoms with E-state index in [1.165, 1.54) is 55.9 Å². The molecule has 0 saturated carbocycles. The van der Waals surface area contributed by atoms with Crippen LogP contribution in [0.15, 0.2) is 84.9 Å². The second-order valence-electron chi connectivity index (χ2n) is 15.6. The normalized spacial score (nSPS) is 16.8. The molecule has 328 valence electrons. The minimum atomic E-state index is -1.44. The summed E-state index contributed by atoms with van der Waals surface area (Å²) in [4.78, 5) is 81.4. The number of hydrogen-bond acceptors (Lipinski definition) is 9. The van der Waals surface area contributed by atoms with Crippen LogP contribution in [0.1, 0.15) is 85.5 Å². The average Bonchev–Trinajstić information content (AvgIpc) is 3.25. The Morgan fingerprint density at radius 2 is 1.48 bits per heavy atom. The maximum atomic E-state index is 14.4. The van der Waals surface area contributed by atoms with Gasteiger partial charge in [-0.1, -0.05) is 61.9 Å². The Balaban J connectivity index is 1.32. The number of benzene rings is 4. The Bertz CT molecular complexity index is 2250. The van der Waals surface area contributed by atoms with Gasteiger partial charge >= 0.3 is 5.97 Å². The number of nitrogens with zero attached hydrogens (tertiary/aromatic N) is 1. The lowest BCUT2D eigenvalue weighted by Gasteiger charge is -2.32. The third kappa shape index (κ3) is 12.0. The molecule has 4 bridgehead atoms. The Morgan fingerprint density at radius 3 is 2.13 bits per heavy atom. The predicted molar refractivity (Wildman–Crippen MR) is 234 cm³/mol. The van der Waals surface area contributed by atoms with Gasteiger partial charge in [0.05, 0.1) is 0 Å². The van der Waals surface area contributed by atoms with Gasteiger partial charge in [-0.25, -0.2) is 4.79 Å². The van der Waals surface area contributed by atoms with Crippen LogP contribution in [0.2, 0.25) is 0 Å². The number of aromatic hydroxyl groups is 2. The number of unbranched alkanes of at least 4 members (excludes halogenated alkanes) is 2. The first-order chi connectivity index (χ1) is 29.7. The molecule has 4 atom stereocenters. The lowest BCUT2D eigenvalue weighted by Crippen LogP contribution is -2.54. The predicted octanol–water partition coefficient (Wildman–Crippen LogP) is 4.34. The number of amides is 5. The number of aliphatic carboxylic acids is 1. The second-order valence-corrected chi connectivity index (χ2v) is 15.6. The molecule has 0 fully saturated rings. The van der Waals surface area contributed by atoms with Crippen molar-refractivity contribution in [2.75, 3.05) is 20.1 Å². The number of hydrogen-bond donors (Lipinski definition) is 8. The zero-order valence-corrected chi connectivity index (χ0v) is 35.3. The molecule has 0 aromatic heterocycles. The molecule has 4 aromatic carbocycles. The third-order valence-electron chi connectivity index (χ3n) is 10.9. The van der Waals surface area contributed by atoms with Crippen molar-refractivity contribution in [1.29, 1.82) is 0 Å². The van der Waals surface area contributed by atoms with Gasteiger partial charge in [0.1, 0.15) is 35.7 Å². The number of nitrogens with one attached hydrogen (secondary N) is 4. The SMILES string of the molecule is CCCCc1ccc(-c2ccc(C(=O)NCCC(=O)N[C@@H](CCCCN)C(=O)N(C)[C@@H]3C(=O)N[C@@H](C)C(=O)N[C@H](C(=O)O)Cc4ccc(O)c(c4)-c4cc3ccc4O)cc2)cc1. The zero-order chi connectivity index (χ0) is 44.9. The van der Waals surface area contributed by atoms with E-state index in [0.29, 0.717) is 30.5 Å². The Labute approximate surface area is 361 Å². The summed E-state index contributed by atoms with van der Waals surface area (Å²) in [5.74, 6) is -5.01. The van der Waals surface area contributed by atoms with Crippen LogP contribution in [0, 0.1) is 0 Å². The molecule has 62 heavy (non-hydrogen) atoms. The van der Waals surface area contributed by atoms with Crippen molar-refractivity contribution in [2.45, 2.75) is 89.4 Å². The number of phenols is 2. The highest BCUT2D eigenvalue weighted by Crippen LogP contribution is 2.39. The van der Waals surface area contributed by atoms with Gasteiger partial charge < -0.3 is 47.2 Å². The minimum Gasteiger partial charge on any atom is -0.507 e. The smallest absolute Gasteiger partial charge is 0.326 e. The first-order valence-electron chi connectivity index (χ1n) is 20.9. The van der Waals surface area contributed by atoms with E-state index in [4.69, 9.17) is 5.73 Å². The zero-order valence-electron chi connectivity index (χ0n) is 35.3. The fourth-order valence-corrected chi connectivity index (χ4v) is 7.35. The molecule has 9 N–H and O–H groups in total. The summed E-state index contributed by atoms with van der Waals surface area (Å²) in [6, 6.07) is 18.8. The van der Waals surface area contributed by atoms with Crippen LogP contribution in [0.25, 0.3) is 22.3 Å². The number of carboxylic acids is 1. The minimum absolute atomic E-state index is 0.0246. The molecule has 1 aliphatic heterocycles. The van der Waals surface area contributed by atoms with Crippen LogP contribution in [-0.4, -0.2) is 94.0 Å². The molecule has 5 amide bonds. The van der Waals surface area contributed by atoms with Crippen molar-refractivity contribution in [3.8, 4) is 33.8 Å². The molecule has 0 unspecified atom stereocenters. The van der Waals surface area contributed by atoms with Gasteiger partial charge in [0, 0.05) is 43.1 Å². The van der Waals surface area contributed by atoms with E-state index in [2.05, 4.69) is 52.5 Å². The molecule has 0 radical (unpaired) electrons.